The largest absolute Gasteiger partial charge is 0.496 e. The molecule has 1 N–H and O–H groups in total. The predicted molar refractivity (Wildman–Crippen MR) is 92.1 cm³/mol. The second-order valence-electron chi connectivity index (χ2n) is 5.81. The molecule has 1 heterocycles. The fourth-order valence-corrected chi connectivity index (χ4v) is 2.87. The molecule has 3 aromatic rings. The van der Waals surface area contributed by atoms with Crippen molar-refractivity contribution in [3.8, 4) is 11.4 Å². The number of hydrogen-bond acceptors (Lipinski definition) is 5. The number of tetrazole rings is 1. The number of aromatic nitrogens is 4. The minimum Gasteiger partial charge on any atom is -0.496 e. The van der Waals surface area contributed by atoms with E-state index in [4.69, 9.17) is 4.74 Å². The van der Waals surface area contributed by atoms with Gasteiger partial charge in [-0.25, -0.2) is 9.07 Å². The Morgan fingerprint density at radius 1 is 1.08 bits per heavy atom. The van der Waals surface area contributed by atoms with Crippen LogP contribution >= 0.6 is 0 Å². The Hall–Kier alpha value is -2.80. The maximum Gasteiger partial charge on any atom is 0.143 e. The van der Waals surface area contributed by atoms with E-state index in [1.807, 2.05) is 38.1 Å². The van der Waals surface area contributed by atoms with Crippen LogP contribution in [0.3, 0.4) is 0 Å². The van der Waals surface area contributed by atoms with E-state index in [0.717, 1.165) is 11.3 Å². The quantitative estimate of drug-likeness (QED) is 0.746. The second kappa shape index (κ2) is 7.40. The summed E-state index contributed by atoms with van der Waals surface area (Å²) < 4.78 is 21.1. The van der Waals surface area contributed by atoms with Crippen LogP contribution < -0.4 is 10.1 Å². The van der Waals surface area contributed by atoms with E-state index < -0.39 is 0 Å². The van der Waals surface area contributed by atoms with Crippen LogP contribution in [0.25, 0.3) is 5.69 Å². The summed E-state index contributed by atoms with van der Waals surface area (Å²) in [6.07, 6.45) is 1.54. The topological polar surface area (TPSA) is 64.9 Å². The number of benzene rings is 2. The van der Waals surface area contributed by atoms with Crippen LogP contribution in [-0.2, 0) is 0 Å². The first kappa shape index (κ1) is 17.0. The third-order valence-corrected chi connectivity index (χ3v) is 4.17. The molecule has 0 saturated carbocycles. The number of methoxy groups -OCH3 is 1. The summed E-state index contributed by atoms with van der Waals surface area (Å²) in [5, 5.41) is 14.5. The lowest BCUT2D eigenvalue weighted by Crippen LogP contribution is -2.23. The minimum absolute atomic E-state index is 0.0298. The van der Waals surface area contributed by atoms with Crippen molar-refractivity contribution in [1.29, 1.82) is 0 Å². The molecule has 0 aliphatic heterocycles. The summed E-state index contributed by atoms with van der Waals surface area (Å²) in [5.74, 6) is 0.266. The maximum absolute atomic E-state index is 14.2. The number of rotatable bonds is 6. The van der Waals surface area contributed by atoms with E-state index in [0.29, 0.717) is 11.3 Å². The molecule has 0 radical (unpaired) electrons. The lowest BCUT2D eigenvalue weighted by Gasteiger charge is -2.23. The normalized spacial score (nSPS) is 13.4. The van der Waals surface area contributed by atoms with Gasteiger partial charge in [-0.05, 0) is 54.1 Å². The van der Waals surface area contributed by atoms with E-state index in [2.05, 4.69) is 20.8 Å². The van der Waals surface area contributed by atoms with Gasteiger partial charge in [0, 0.05) is 17.6 Å². The molecule has 1 aromatic heterocycles. The highest BCUT2D eigenvalue weighted by Gasteiger charge is 2.18. The Morgan fingerprint density at radius 2 is 1.84 bits per heavy atom. The summed E-state index contributed by atoms with van der Waals surface area (Å²) in [7, 11) is 1.55. The average molecular weight is 341 g/mol. The lowest BCUT2D eigenvalue weighted by molar-refractivity contribution is 0.387. The van der Waals surface area contributed by atoms with Crippen LogP contribution in [0.5, 0.6) is 5.75 Å². The van der Waals surface area contributed by atoms with Gasteiger partial charge in [0.05, 0.1) is 12.8 Å². The van der Waals surface area contributed by atoms with Crippen LogP contribution in [0.4, 0.5) is 4.39 Å². The van der Waals surface area contributed by atoms with E-state index in [1.54, 1.807) is 30.3 Å². The summed E-state index contributed by atoms with van der Waals surface area (Å²) in [4.78, 5) is 0. The van der Waals surface area contributed by atoms with Gasteiger partial charge >= 0.3 is 0 Å². The third kappa shape index (κ3) is 3.66. The number of ether oxygens (including phenoxy) is 1. The van der Waals surface area contributed by atoms with E-state index in [-0.39, 0.29) is 17.9 Å². The van der Waals surface area contributed by atoms with Crippen molar-refractivity contribution in [2.24, 2.45) is 0 Å². The summed E-state index contributed by atoms with van der Waals surface area (Å²) in [5.41, 5.74) is 2.49. The highest BCUT2D eigenvalue weighted by Crippen LogP contribution is 2.29. The Bertz CT molecular complexity index is 820. The summed E-state index contributed by atoms with van der Waals surface area (Å²) in [6.45, 7) is 3.96. The zero-order chi connectivity index (χ0) is 17.8. The molecule has 3 rings (SSSR count). The predicted octanol–water partition coefficient (Wildman–Crippen LogP) is 3.22. The first-order valence-electron chi connectivity index (χ1n) is 8.02. The molecular weight excluding hydrogens is 321 g/mol. The maximum atomic E-state index is 14.2. The van der Waals surface area contributed by atoms with E-state index >= 15 is 0 Å². The molecule has 2 aromatic carbocycles. The first-order valence-corrected chi connectivity index (χ1v) is 8.02. The molecule has 0 saturated heterocycles. The molecule has 0 aliphatic carbocycles. The van der Waals surface area contributed by atoms with Crippen molar-refractivity contribution in [2.45, 2.75) is 25.9 Å². The van der Waals surface area contributed by atoms with Crippen molar-refractivity contribution in [2.75, 3.05) is 7.11 Å². The zero-order valence-corrected chi connectivity index (χ0v) is 14.3. The first-order chi connectivity index (χ1) is 12.1. The zero-order valence-electron chi connectivity index (χ0n) is 14.3. The van der Waals surface area contributed by atoms with Gasteiger partial charge in [0.15, 0.2) is 0 Å². The van der Waals surface area contributed by atoms with Gasteiger partial charge in [-0.3, -0.25) is 0 Å². The standard InChI is InChI=1S/C18H20FN5O/c1-12(14-7-9-15(10-8-14)24-11-20-22-23-24)21-13(2)18-16(19)5-4-6-17(18)25-3/h4-13,21H,1-3H3. The Kier molecular flexibility index (Phi) is 5.04. The molecule has 7 heteroatoms. The highest BCUT2D eigenvalue weighted by atomic mass is 19.1. The average Bonchev–Trinajstić information content (AvgIpc) is 3.16. The SMILES string of the molecule is COc1cccc(F)c1C(C)NC(C)c1ccc(-n2cnnn2)cc1. The molecule has 6 nitrogen and oxygen atoms in total. The fourth-order valence-electron chi connectivity index (χ4n) is 2.87. The molecule has 0 bridgehead atoms. The molecule has 0 spiro atoms. The van der Waals surface area contributed by atoms with Crippen molar-refractivity contribution in [3.05, 3.63) is 65.7 Å². The molecule has 2 unspecified atom stereocenters. The molecule has 0 amide bonds. The summed E-state index contributed by atoms with van der Waals surface area (Å²) >= 11 is 0. The van der Waals surface area contributed by atoms with Crippen molar-refractivity contribution in [1.82, 2.24) is 25.5 Å². The van der Waals surface area contributed by atoms with Crippen LogP contribution in [0.1, 0.15) is 37.1 Å². The van der Waals surface area contributed by atoms with Crippen molar-refractivity contribution in [3.63, 3.8) is 0 Å². The lowest BCUT2D eigenvalue weighted by atomic mass is 10.0. The van der Waals surface area contributed by atoms with E-state index in [1.165, 1.54) is 6.07 Å². The van der Waals surface area contributed by atoms with Crippen LogP contribution in [0.2, 0.25) is 0 Å². The van der Waals surface area contributed by atoms with Crippen LogP contribution in [0.15, 0.2) is 48.8 Å². The van der Waals surface area contributed by atoms with Crippen LogP contribution in [0, 0.1) is 5.82 Å². The molecule has 2 atom stereocenters. The molecular formula is C18H20FN5O. The Labute approximate surface area is 145 Å². The highest BCUT2D eigenvalue weighted by molar-refractivity contribution is 5.38. The third-order valence-electron chi connectivity index (χ3n) is 4.17. The number of nitrogens with one attached hydrogen (secondary N) is 1. The monoisotopic (exact) mass is 341 g/mol. The molecule has 0 fully saturated rings. The summed E-state index contributed by atoms with van der Waals surface area (Å²) in [6, 6.07) is 12.6. The van der Waals surface area contributed by atoms with Gasteiger partial charge in [0.25, 0.3) is 0 Å². The molecule has 130 valence electrons. The van der Waals surface area contributed by atoms with Crippen LogP contribution in [-0.4, -0.2) is 27.3 Å². The van der Waals surface area contributed by atoms with Gasteiger partial charge in [-0.1, -0.05) is 18.2 Å². The second-order valence-corrected chi connectivity index (χ2v) is 5.81. The number of nitrogens with zero attached hydrogens (tertiary/aromatic N) is 4. The van der Waals surface area contributed by atoms with Gasteiger partial charge in [-0.15, -0.1) is 5.10 Å². The smallest absolute Gasteiger partial charge is 0.143 e. The Morgan fingerprint density at radius 3 is 2.48 bits per heavy atom. The van der Waals surface area contributed by atoms with Gasteiger partial charge in [0.2, 0.25) is 0 Å². The number of halogens is 1. The fraction of sp³-hybridized carbons (Fsp3) is 0.278. The van der Waals surface area contributed by atoms with Gasteiger partial charge < -0.3 is 10.1 Å². The van der Waals surface area contributed by atoms with E-state index in [9.17, 15) is 4.39 Å². The van der Waals surface area contributed by atoms with Crippen molar-refractivity contribution < 1.29 is 9.13 Å². The van der Waals surface area contributed by atoms with Crippen molar-refractivity contribution >= 4 is 0 Å². The van der Waals surface area contributed by atoms with Gasteiger partial charge in [-0.2, -0.15) is 0 Å². The molecule has 0 aliphatic rings. The van der Waals surface area contributed by atoms with Gasteiger partial charge in [0.1, 0.15) is 17.9 Å². The number of hydrogen-bond donors (Lipinski definition) is 1. The Balaban J connectivity index is 1.75. The molecule has 25 heavy (non-hydrogen) atoms. The minimum atomic E-state index is -0.277.